The summed E-state index contributed by atoms with van der Waals surface area (Å²) in [6.07, 6.45) is 0.662. The number of thiophene rings is 1. The van der Waals surface area contributed by atoms with Crippen LogP contribution in [-0.4, -0.2) is 36.9 Å². The van der Waals surface area contributed by atoms with Gasteiger partial charge in [0.25, 0.3) is 0 Å². The van der Waals surface area contributed by atoms with Crippen molar-refractivity contribution in [3.8, 4) is 0 Å². The molecule has 2 heterocycles. The van der Waals surface area contributed by atoms with Crippen LogP contribution < -0.4 is 0 Å². The lowest BCUT2D eigenvalue weighted by Gasteiger charge is -2.29. The van der Waals surface area contributed by atoms with Crippen LogP contribution >= 0.6 is 38.9 Å². The van der Waals surface area contributed by atoms with Crippen molar-refractivity contribution >= 4 is 54.9 Å². The smallest absolute Gasteiger partial charge is 0.306 e. The van der Waals surface area contributed by atoms with E-state index in [1.54, 1.807) is 0 Å². The molecule has 1 aromatic heterocycles. The molecule has 106 valence electrons. The van der Waals surface area contributed by atoms with Gasteiger partial charge in [-0.2, -0.15) is 4.31 Å². The maximum atomic E-state index is 12.4. The van der Waals surface area contributed by atoms with E-state index in [0.29, 0.717) is 16.6 Å². The quantitative estimate of drug-likeness (QED) is 0.864. The molecule has 0 atom stereocenters. The second-order valence-corrected chi connectivity index (χ2v) is 9.14. The number of hydrogen-bond donors (Lipinski definition) is 1. The van der Waals surface area contributed by atoms with Crippen molar-refractivity contribution in [3.05, 3.63) is 14.2 Å². The Labute approximate surface area is 128 Å². The molecule has 0 aliphatic carbocycles. The minimum atomic E-state index is -3.63. The Balaban J connectivity index is 2.19. The Hall–Kier alpha value is -0.150. The van der Waals surface area contributed by atoms with E-state index in [9.17, 15) is 13.2 Å². The third-order valence-electron chi connectivity index (χ3n) is 3.05. The number of nitrogens with zero attached hydrogens (tertiary/aromatic N) is 1. The standard InChI is InChI=1S/C10H11BrClNO4S2/c11-8-5-7(9(12)18-8)19(16,17)13-3-1-6(2-4-13)10(14)15/h5-6H,1-4H2,(H,14,15). The van der Waals surface area contributed by atoms with Gasteiger partial charge in [0.05, 0.1) is 9.70 Å². The van der Waals surface area contributed by atoms with E-state index in [4.69, 9.17) is 16.7 Å². The summed E-state index contributed by atoms with van der Waals surface area (Å²) >= 11 is 10.3. The van der Waals surface area contributed by atoms with Crippen LogP contribution in [0.1, 0.15) is 12.8 Å². The average Bonchev–Trinajstić information content (AvgIpc) is 2.69. The fraction of sp³-hybridized carbons (Fsp3) is 0.500. The number of carbonyl (C=O) groups is 1. The normalized spacial score (nSPS) is 18.6. The third-order valence-corrected chi connectivity index (χ3v) is 7.07. The third kappa shape index (κ3) is 3.13. The van der Waals surface area contributed by atoms with Gasteiger partial charge in [-0.1, -0.05) is 11.6 Å². The maximum Gasteiger partial charge on any atom is 0.306 e. The molecule has 1 saturated heterocycles. The molecule has 0 unspecified atom stereocenters. The second-order valence-electron chi connectivity index (χ2n) is 4.21. The first kappa shape index (κ1) is 15.2. The summed E-state index contributed by atoms with van der Waals surface area (Å²) in [4.78, 5) is 10.9. The lowest BCUT2D eigenvalue weighted by Crippen LogP contribution is -2.40. The molecule has 0 spiro atoms. The number of aliphatic carboxylic acids is 1. The number of carboxylic acid groups (broad SMARTS) is 1. The first-order valence-corrected chi connectivity index (χ1v) is 8.93. The number of hydrogen-bond acceptors (Lipinski definition) is 4. The predicted octanol–water partition coefficient (Wildman–Crippen LogP) is 2.65. The zero-order valence-electron chi connectivity index (χ0n) is 9.67. The van der Waals surface area contributed by atoms with Gasteiger partial charge in [0, 0.05) is 13.1 Å². The molecule has 0 radical (unpaired) electrons. The lowest BCUT2D eigenvalue weighted by molar-refractivity contribution is -0.142. The summed E-state index contributed by atoms with van der Waals surface area (Å²) < 4.78 is 26.9. The van der Waals surface area contributed by atoms with E-state index in [0.717, 1.165) is 11.3 Å². The van der Waals surface area contributed by atoms with Crippen LogP contribution in [0.15, 0.2) is 14.7 Å². The van der Waals surface area contributed by atoms with Crippen molar-refractivity contribution in [1.82, 2.24) is 4.31 Å². The van der Waals surface area contributed by atoms with Crippen molar-refractivity contribution in [2.45, 2.75) is 17.7 Å². The monoisotopic (exact) mass is 387 g/mol. The Morgan fingerprint density at radius 1 is 1.47 bits per heavy atom. The summed E-state index contributed by atoms with van der Waals surface area (Å²) in [5.41, 5.74) is 0. The Bertz CT molecular complexity index is 593. The zero-order chi connectivity index (χ0) is 14.2. The van der Waals surface area contributed by atoms with Crippen LogP contribution in [0.25, 0.3) is 0 Å². The number of piperidine rings is 1. The fourth-order valence-electron chi connectivity index (χ4n) is 1.98. The second kappa shape index (κ2) is 5.69. The topological polar surface area (TPSA) is 74.7 Å². The van der Waals surface area contributed by atoms with Gasteiger partial charge in [-0.15, -0.1) is 11.3 Å². The van der Waals surface area contributed by atoms with Crippen LogP contribution in [0.2, 0.25) is 4.34 Å². The number of halogens is 2. The van der Waals surface area contributed by atoms with Crippen LogP contribution in [-0.2, 0) is 14.8 Å². The number of rotatable bonds is 3. The van der Waals surface area contributed by atoms with E-state index in [1.807, 2.05) is 0 Å². The van der Waals surface area contributed by atoms with Gasteiger partial charge in [0.1, 0.15) is 9.23 Å². The minimum Gasteiger partial charge on any atom is -0.481 e. The molecule has 0 aromatic carbocycles. The van der Waals surface area contributed by atoms with Crippen LogP contribution in [0.5, 0.6) is 0 Å². The van der Waals surface area contributed by atoms with Gasteiger partial charge in [-0.25, -0.2) is 8.42 Å². The first-order chi connectivity index (χ1) is 8.82. The summed E-state index contributed by atoms with van der Waals surface area (Å²) in [5.74, 6) is -1.33. The Morgan fingerprint density at radius 2 is 2.05 bits per heavy atom. The summed E-state index contributed by atoms with van der Waals surface area (Å²) in [6, 6.07) is 1.48. The van der Waals surface area contributed by atoms with Crippen molar-refractivity contribution < 1.29 is 18.3 Å². The molecule has 0 bridgehead atoms. The van der Waals surface area contributed by atoms with Crippen LogP contribution in [0.3, 0.4) is 0 Å². The van der Waals surface area contributed by atoms with E-state index in [1.165, 1.54) is 10.4 Å². The highest BCUT2D eigenvalue weighted by Crippen LogP contribution is 2.36. The van der Waals surface area contributed by atoms with Gasteiger partial charge >= 0.3 is 5.97 Å². The molecular weight excluding hydrogens is 378 g/mol. The summed E-state index contributed by atoms with van der Waals surface area (Å²) in [5, 5.41) is 8.90. The summed E-state index contributed by atoms with van der Waals surface area (Å²) in [7, 11) is -3.63. The molecule has 0 amide bonds. The molecule has 1 N–H and O–H groups in total. The molecule has 1 aliphatic rings. The van der Waals surface area contributed by atoms with Gasteiger partial charge < -0.3 is 5.11 Å². The van der Waals surface area contributed by atoms with E-state index in [-0.39, 0.29) is 22.3 Å². The highest BCUT2D eigenvalue weighted by atomic mass is 79.9. The molecular formula is C10H11BrClNO4S2. The van der Waals surface area contributed by atoms with Crippen LogP contribution in [0.4, 0.5) is 0 Å². The summed E-state index contributed by atoms with van der Waals surface area (Å²) in [6.45, 7) is 0.423. The SMILES string of the molecule is O=C(O)C1CCN(S(=O)(=O)c2cc(Br)sc2Cl)CC1. The number of carboxylic acids is 1. The van der Waals surface area contributed by atoms with E-state index < -0.39 is 21.9 Å². The Kier molecular flexibility index (Phi) is 4.56. The van der Waals surface area contributed by atoms with Gasteiger partial charge in [0.15, 0.2) is 0 Å². The zero-order valence-corrected chi connectivity index (χ0v) is 13.6. The molecule has 19 heavy (non-hydrogen) atoms. The van der Waals surface area contributed by atoms with E-state index in [2.05, 4.69) is 15.9 Å². The van der Waals surface area contributed by atoms with Crippen molar-refractivity contribution in [1.29, 1.82) is 0 Å². The fourth-order valence-corrected chi connectivity index (χ4v) is 6.19. The molecule has 0 saturated carbocycles. The van der Waals surface area contributed by atoms with E-state index >= 15 is 0 Å². The maximum absolute atomic E-state index is 12.4. The van der Waals surface area contributed by atoms with Gasteiger partial charge in [-0.3, -0.25) is 4.79 Å². The van der Waals surface area contributed by atoms with Gasteiger partial charge in [-0.05, 0) is 34.8 Å². The highest BCUT2D eigenvalue weighted by Gasteiger charge is 2.33. The molecule has 9 heteroatoms. The molecule has 1 aliphatic heterocycles. The lowest BCUT2D eigenvalue weighted by atomic mass is 9.99. The van der Waals surface area contributed by atoms with Crippen molar-refractivity contribution in [2.75, 3.05) is 13.1 Å². The number of sulfonamides is 1. The molecule has 1 aromatic rings. The average molecular weight is 389 g/mol. The molecule has 5 nitrogen and oxygen atoms in total. The van der Waals surface area contributed by atoms with Crippen LogP contribution in [0, 0.1) is 5.92 Å². The van der Waals surface area contributed by atoms with Gasteiger partial charge in [0.2, 0.25) is 10.0 Å². The molecule has 1 fully saturated rings. The highest BCUT2D eigenvalue weighted by molar-refractivity contribution is 9.11. The minimum absolute atomic E-state index is 0.0832. The Morgan fingerprint density at radius 3 is 2.47 bits per heavy atom. The largest absolute Gasteiger partial charge is 0.481 e. The predicted molar refractivity (Wildman–Crippen MR) is 76.1 cm³/mol. The van der Waals surface area contributed by atoms with Crippen molar-refractivity contribution in [3.63, 3.8) is 0 Å². The first-order valence-electron chi connectivity index (χ1n) is 5.50. The van der Waals surface area contributed by atoms with Crippen molar-refractivity contribution in [2.24, 2.45) is 5.92 Å². The molecule has 2 rings (SSSR count).